The summed E-state index contributed by atoms with van der Waals surface area (Å²) < 4.78 is 31.9. The van der Waals surface area contributed by atoms with Gasteiger partial charge in [-0.25, -0.2) is 9.67 Å². The zero-order valence-electron chi connectivity index (χ0n) is 15.4. The average molecular weight is 388 g/mol. The third kappa shape index (κ3) is 2.77. The molecule has 1 N–H and O–H groups in total. The number of anilines is 1. The van der Waals surface area contributed by atoms with Crippen molar-refractivity contribution in [2.75, 3.05) is 5.32 Å². The van der Waals surface area contributed by atoms with Gasteiger partial charge in [0, 0.05) is 0 Å². The number of ether oxygens (including phenoxy) is 1. The summed E-state index contributed by atoms with van der Waals surface area (Å²) in [7, 11) is 0. The Kier molecular flexibility index (Phi) is 3.93. The molecule has 148 valence electrons. The second kappa shape index (κ2) is 6.25. The Labute approximate surface area is 161 Å². The molecule has 0 unspecified atom stereocenters. The molecule has 6 rings (SSSR count). The van der Waals surface area contributed by atoms with E-state index >= 15 is 0 Å². The Bertz CT molecular complexity index is 872. The maximum absolute atomic E-state index is 13.4. The molecule has 0 spiro atoms. The van der Waals surface area contributed by atoms with E-state index in [1.807, 2.05) is 4.68 Å². The first kappa shape index (κ1) is 17.6. The van der Waals surface area contributed by atoms with Gasteiger partial charge in [-0.1, -0.05) is 12.1 Å². The molecule has 1 amide bonds. The fourth-order valence-corrected chi connectivity index (χ4v) is 6.22. The molecule has 2 atom stereocenters. The van der Waals surface area contributed by atoms with Crippen LogP contribution >= 0.6 is 0 Å². The predicted molar refractivity (Wildman–Crippen MR) is 96.8 cm³/mol. The largest absolute Gasteiger partial charge is 0.433 e. The maximum Gasteiger partial charge on any atom is 0.387 e. The lowest BCUT2D eigenvalue weighted by molar-refractivity contribution is -0.150. The highest BCUT2D eigenvalue weighted by atomic mass is 19.3. The van der Waals surface area contributed by atoms with Crippen molar-refractivity contribution in [3.05, 3.63) is 36.9 Å². The number of hydrogen-bond donors (Lipinski definition) is 1. The van der Waals surface area contributed by atoms with E-state index in [0.717, 1.165) is 32.1 Å². The van der Waals surface area contributed by atoms with Gasteiger partial charge in [0.15, 0.2) is 0 Å². The van der Waals surface area contributed by atoms with Gasteiger partial charge in [-0.2, -0.15) is 13.9 Å². The molecule has 1 aromatic heterocycles. The standard InChI is InChI=1S/C20H22F2N4O2/c21-18(22)28-16-4-2-1-3-15(16)25-17(27)19-6-13-5-14(7-19)9-20(8-13,10-19)26-12-23-11-24-26/h1-4,11-14,18H,5-10H2,(H,25,27)/t13-,14-,19?,20?/m1/s1. The quantitative estimate of drug-likeness (QED) is 0.846. The molecule has 4 saturated carbocycles. The van der Waals surface area contributed by atoms with Gasteiger partial charge in [0.05, 0.1) is 16.6 Å². The van der Waals surface area contributed by atoms with Crippen molar-refractivity contribution in [3.63, 3.8) is 0 Å². The van der Waals surface area contributed by atoms with E-state index in [4.69, 9.17) is 0 Å². The van der Waals surface area contributed by atoms with Crippen molar-refractivity contribution in [2.45, 2.75) is 50.7 Å². The minimum absolute atomic E-state index is 0.0124. The van der Waals surface area contributed by atoms with Crippen LogP contribution in [-0.2, 0) is 10.3 Å². The normalized spacial score (nSPS) is 33.2. The van der Waals surface area contributed by atoms with Crippen LogP contribution in [0.1, 0.15) is 38.5 Å². The number of rotatable bonds is 5. The molecular formula is C20H22F2N4O2. The van der Waals surface area contributed by atoms with Crippen molar-refractivity contribution < 1.29 is 18.3 Å². The third-order valence-corrected chi connectivity index (χ3v) is 6.77. The molecule has 0 radical (unpaired) electrons. The molecule has 8 heteroatoms. The molecule has 4 bridgehead atoms. The third-order valence-electron chi connectivity index (χ3n) is 6.77. The molecule has 1 heterocycles. The number of benzene rings is 1. The predicted octanol–water partition coefficient (Wildman–Crippen LogP) is 3.81. The van der Waals surface area contributed by atoms with Gasteiger partial charge in [-0.15, -0.1) is 0 Å². The Morgan fingerprint density at radius 3 is 2.64 bits per heavy atom. The molecule has 0 aliphatic heterocycles. The molecule has 0 saturated heterocycles. The van der Waals surface area contributed by atoms with Crippen LogP contribution in [0.15, 0.2) is 36.9 Å². The average Bonchev–Trinajstić information content (AvgIpc) is 3.17. The topological polar surface area (TPSA) is 69.0 Å². The van der Waals surface area contributed by atoms with Crippen molar-refractivity contribution in [2.24, 2.45) is 17.3 Å². The highest BCUT2D eigenvalue weighted by Crippen LogP contribution is 2.64. The Morgan fingerprint density at radius 1 is 1.21 bits per heavy atom. The summed E-state index contributed by atoms with van der Waals surface area (Å²) in [4.78, 5) is 17.5. The minimum atomic E-state index is -2.94. The van der Waals surface area contributed by atoms with Crippen molar-refractivity contribution >= 4 is 11.6 Å². The SMILES string of the molecule is O=C(Nc1ccccc1OC(F)F)C12C[C@H]3C[C@H](C1)CC(n1cncn1)(C3)C2. The van der Waals surface area contributed by atoms with Crippen LogP contribution in [-0.4, -0.2) is 27.3 Å². The number of para-hydroxylation sites is 2. The summed E-state index contributed by atoms with van der Waals surface area (Å²) >= 11 is 0. The van der Waals surface area contributed by atoms with E-state index in [1.54, 1.807) is 30.9 Å². The molecule has 4 aliphatic carbocycles. The molecule has 6 nitrogen and oxygen atoms in total. The van der Waals surface area contributed by atoms with E-state index in [-0.39, 0.29) is 17.2 Å². The van der Waals surface area contributed by atoms with Gasteiger partial charge in [0.2, 0.25) is 5.91 Å². The second-order valence-electron chi connectivity index (χ2n) is 8.63. The smallest absolute Gasteiger partial charge is 0.387 e. The second-order valence-corrected chi connectivity index (χ2v) is 8.63. The van der Waals surface area contributed by atoms with E-state index in [1.165, 1.54) is 6.07 Å². The fraction of sp³-hybridized carbons (Fsp3) is 0.550. The lowest BCUT2D eigenvalue weighted by Gasteiger charge is -2.60. The van der Waals surface area contributed by atoms with Crippen molar-refractivity contribution in [3.8, 4) is 5.75 Å². The van der Waals surface area contributed by atoms with E-state index < -0.39 is 12.0 Å². The van der Waals surface area contributed by atoms with Crippen LogP contribution in [0, 0.1) is 17.3 Å². The molecule has 4 aliphatic rings. The lowest BCUT2D eigenvalue weighted by atomic mass is 9.46. The highest BCUT2D eigenvalue weighted by molar-refractivity contribution is 5.97. The molecule has 2 aromatic rings. The van der Waals surface area contributed by atoms with Gasteiger partial charge < -0.3 is 10.1 Å². The number of alkyl halides is 2. The van der Waals surface area contributed by atoms with Gasteiger partial charge in [-0.05, 0) is 62.5 Å². The maximum atomic E-state index is 13.4. The molecule has 28 heavy (non-hydrogen) atoms. The van der Waals surface area contributed by atoms with Crippen molar-refractivity contribution in [1.29, 1.82) is 0 Å². The van der Waals surface area contributed by atoms with Gasteiger partial charge in [0.25, 0.3) is 0 Å². The van der Waals surface area contributed by atoms with E-state index in [2.05, 4.69) is 20.1 Å². The van der Waals surface area contributed by atoms with Gasteiger partial charge in [0.1, 0.15) is 18.4 Å². The first-order valence-corrected chi connectivity index (χ1v) is 9.68. The van der Waals surface area contributed by atoms with Crippen LogP contribution in [0.3, 0.4) is 0 Å². The van der Waals surface area contributed by atoms with E-state index in [0.29, 0.717) is 23.9 Å². The lowest BCUT2D eigenvalue weighted by Crippen LogP contribution is -2.60. The summed E-state index contributed by atoms with van der Waals surface area (Å²) in [6.45, 7) is -2.94. The number of hydrogen-bond acceptors (Lipinski definition) is 4. The Balaban J connectivity index is 1.44. The number of aromatic nitrogens is 3. The van der Waals surface area contributed by atoms with E-state index in [9.17, 15) is 13.6 Å². The molecule has 1 aromatic carbocycles. The van der Waals surface area contributed by atoms with Gasteiger partial charge >= 0.3 is 6.61 Å². The van der Waals surface area contributed by atoms with Crippen molar-refractivity contribution in [1.82, 2.24) is 14.8 Å². The minimum Gasteiger partial charge on any atom is -0.433 e. The first-order valence-electron chi connectivity index (χ1n) is 9.68. The van der Waals surface area contributed by atoms with Crippen LogP contribution in [0.4, 0.5) is 14.5 Å². The summed E-state index contributed by atoms with van der Waals surface area (Å²) in [6.07, 6.45) is 8.87. The number of nitrogens with one attached hydrogen (secondary N) is 1. The Hall–Kier alpha value is -2.51. The first-order chi connectivity index (χ1) is 13.5. The zero-order chi connectivity index (χ0) is 19.4. The summed E-state index contributed by atoms with van der Waals surface area (Å²) in [5.74, 6) is 0.838. The number of amides is 1. The monoisotopic (exact) mass is 388 g/mol. The number of carbonyl (C=O) groups excluding carboxylic acids is 1. The number of halogens is 2. The summed E-state index contributed by atoms with van der Waals surface area (Å²) in [5, 5.41) is 7.29. The van der Waals surface area contributed by atoms with Gasteiger partial charge in [-0.3, -0.25) is 4.79 Å². The summed E-state index contributed by atoms with van der Waals surface area (Å²) in [6, 6.07) is 6.35. The molecule has 4 fully saturated rings. The van der Waals surface area contributed by atoms with Crippen LogP contribution < -0.4 is 10.1 Å². The molecular weight excluding hydrogens is 366 g/mol. The summed E-state index contributed by atoms with van der Waals surface area (Å²) in [5.41, 5.74) is -0.386. The van der Waals surface area contributed by atoms with Crippen LogP contribution in [0.5, 0.6) is 5.75 Å². The number of carbonyl (C=O) groups is 1. The zero-order valence-corrected chi connectivity index (χ0v) is 15.4. The highest BCUT2D eigenvalue weighted by Gasteiger charge is 2.61. The fourth-order valence-electron chi connectivity index (χ4n) is 6.22. The van der Waals surface area contributed by atoms with Crippen LogP contribution in [0.2, 0.25) is 0 Å². The Morgan fingerprint density at radius 2 is 1.96 bits per heavy atom. The van der Waals surface area contributed by atoms with Crippen LogP contribution in [0.25, 0.3) is 0 Å². The number of nitrogens with zero attached hydrogens (tertiary/aromatic N) is 3.